The highest BCUT2D eigenvalue weighted by atomic mass is 35.5. The number of hydrogen-bond donors (Lipinski definition) is 1. The normalized spacial score (nSPS) is 10.5. The molecule has 2 aromatic carbocycles. The SMILES string of the molecule is O=C(COC(=O)c1ccc(Cl)s1)Nc1cccc2ccccc12. The Morgan fingerprint density at radius 1 is 1.04 bits per heavy atom. The van der Waals surface area contributed by atoms with Gasteiger partial charge in [-0.15, -0.1) is 11.3 Å². The van der Waals surface area contributed by atoms with E-state index in [2.05, 4.69) is 5.32 Å². The van der Waals surface area contributed by atoms with E-state index in [9.17, 15) is 9.59 Å². The lowest BCUT2D eigenvalue weighted by molar-refractivity contribution is -0.119. The van der Waals surface area contributed by atoms with Gasteiger partial charge in [0.05, 0.1) is 4.34 Å². The Morgan fingerprint density at radius 3 is 2.61 bits per heavy atom. The number of rotatable bonds is 4. The first kappa shape index (κ1) is 15.5. The van der Waals surface area contributed by atoms with Crippen molar-refractivity contribution in [3.63, 3.8) is 0 Å². The summed E-state index contributed by atoms with van der Waals surface area (Å²) in [5, 5.41) is 4.71. The average Bonchev–Trinajstić information content (AvgIpc) is 2.99. The molecule has 1 aromatic heterocycles. The Hall–Kier alpha value is -2.37. The minimum atomic E-state index is -0.560. The molecule has 116 valence electrons. The topological polar surface area (TPSA) is 55.4 Å². The van der Waals surface area contributed by atoms with Crippen LogP contribution < -0.4 is 5.32 Å². The van der Waals surface area contributed by atoms with E-state index >= 15 is 0 Å². The molecule has 1 N–H and O–H groups in total. The number of carbonyl (C=O) groups excluding carboxylic acids is 2. The third kappa shape index (κ3) is 3.70. The van der Waals surface area contributed by atoms with Crippen molar-refractivity contribution >= 4 is 51.3 Å². The molecule has 3 aromatic rings. The number of carbonyl (C=O) groups is 2. The van der Waals surface area contributed by atoms with E-state index in [1.165, 1.54) is 0 Å². The first-order valence-electron chi connectivity index (χ1n) is 6.83. The fourth-order valence-corrected chi connectivity index (χ4v) is 3.08. The van der Waals surface area contributed by atoms with Crippen molar-refractivity contribution in [1.29, 1.82) is 0 Å². The maximum Gasteiger partial charge on any atom is 0.348 e. The van der Waals surface area contributed by atoms with Crippen molar-refractivity contribution in [2.75, 3.05) is 11.9 Å². The minimum absolute atomic E-state index is 0.350. The van der Waals surface area contributed by atoms with Crippen molar-refractivity contribution < 1.29 is 14.3 Å². The Balaban J connectivity index is 1.64. The molecule has 0 fully saturated rings. The zero-order valence-electron chi connectivity index (χ0n) is 11.9. The van der Waals surface area contributed by atoms with Crippen LogP contribution in [0.25, 0.3) is 10.8 Å². The van der Waals surface area contributed by atoms with Crippen LogP contribution in [0.3, 0.4) is 0 Å². The quantitative estimate of drug-likeness (QED) is 0.715. The lowest BCUT2D eigenvalue weighted by Crippen LogP contribution is -2.20. The number of hydrogen-bond acceptors (Lipinski definition) is 4. The van der Waals surface area contributed by atoms with E-state index < -0.39 is 11.9 Å². The molecule has 0 atom stereocenters. The van der Waals surface area contributed by atoms with Crippen molar-refractivity contribution in [2.24, 2.45) is 0 Å². The third-order valence-electron chi connectivity index (χ3n) is 3.17. The Kier molecular flexibility index (Phi) is 4.60. The number of benzene rings is 2. The smallest absolute Gasteiger partial charge is 0.348 e. The van der Waals surface area contributed by atoms with Crippen LogP contribution in [0.1, 0.15) is 9.67 Å². The van der Waals surface area contributed by atoms with Gasteiger partial charge in [-0.05, 0) is 23.6 Å². The van der Waals surface area contributed by atoms with E-state index in [1.54, 1.807) is 18.2 Å². The number of thiophene rings is 1. The lowest BCUT2D eigenvalue weighted by Gasteiger charge is -2.09. The van der Waals surface area contributed by atoms with Crippen molar-refractivity contribution in [1.82, 2.24) is 0 Å². The molecule has 0 saturated carbocycles. The lowest BCUT2D eigenvalue weighted by atomic mass is 10.1. The van der Waals surface area contributed by atoms with Crippen LogP contribution in [-0.4, -0.2) is 18.5 Å². The zero-order chi connectivity index (χ0) is 16.2. The predicted molar refractivity (Wildman–Crippen MR) is 92.2 cm³/mol. The first-order chi connectivity index (χ1) is 11.1. The molecule has 0 aliphatic heterocycles. The number of fused-ring (bicyclic) bond motifs is 1. The number of amides is 1. The Morgan fingerprint density at radius 2 is 1.83 bits per heavy atom. The molecule has 0 radical (unpaired) electrons. The molecule has 0 unspecified atom stereocenters. The Bertz CT molecular complexity index is 870. The molecule has 1 amide bonds. The number of esters is 1. The van der Waals surface area contributed by atoms with E-state index in [4.69, 9.17) is 16.3 Å². The summed E-state index contributed by atoms with van der Waals surface area (Å²) in [6.45, 7) is -0.350. The van der Waals surface area contributed by atoms with Gasteiger partial charge in [0.15, 0.2) is 6.61 Å². The molecule has 4 nitrogen and oxygen atoms in total. The number of halogens is 1. The second kappa shape index (κ2) is 6.81. The summed E-state index contributed by atoms with van der Waals surface area (Å²) in [5.74, 6) is -0.952. The summed E-state index contributed by atoms with van der Waals surface area (Å²) in [7, 11) is 0. The second-order valence-electron chi connectivity index (χ2n) is 4.75. The van der Waals surface area contributed by atoms with Crippen molar-refractivity contribution in [2.45, 2.75) is 0 Å². The molecule has 0 bridgehead atoms. The van der Waals surface area contributed by atoms with Gasteiger partial charge >= 0.3 is 5.97 Å². The molecule has 1 heterocycles. The van der Waals surface area contributed by atoms with Gasteiger partial charge in [0.25, 0.3) is 5.91 Å². The van der Waals surface area contributed by atoms with Crippen molar-refractivity contribution in [3.05, 3.63) is 63.8 Å². The molecule has 0 aliphatic rings. The standard InChI is InChI=1S/C17H12ClNO3S/c18-15-9-8-14(23-15)17(21)22-10-16(20)19-13-7-3-5-11-4-1-2-6-12(11)13/h1-9H,10H2,(H,19,20). The second-order valence-corrected chi connectivity index (χ2v) is 6.47. The fraction of sp³-hybridized carbons (Fsp3) is 0.0588. The van der Waals surface area contributed by atoms with Gasteiger partial charge in [-0.3, -0.25) is 4.79 Å². The molecular formula is C17H12ClNO3S. The molecule has 0 saturated heterocycles. The van der Waals surface area contributed by atoms with Gasteiger partial charge in [-0.2, -0.15) is 0 Å². The van der Waals surface area contributed by atoms with Crippen LogP contribution >= 0.6 is 22.9 Å². The van der Waals surface area contributed by atoms with Gasteiger partial charge in [-0.25, -0.2) is 4.79 Å². The minimum Gasteiger partial charge on any atom is -0.451 e. The Labute approximate surface area is 141 Å². The molecule has 23 heavy (non-hydrogen) atoms. The van der Waals surface area contributed by atoms with E-state index in [-0.39, 0.29) is 6.61 Å². The van der Waals surface area contributed by atoms with Crippen LogP contribution in [0, 0.1) is 0 Å². The van der Waals surface area contributed by atoms with Crippen molar-refractivity contribution in [3.8, 4) is 0 Å². The predicted octanol–water partition coefficient (Wildman–Crippen LogP) is 4.35. The zero-order valence-corrected chi connectivity index (χ0v) is 13.5. The van der Waals surface area contributed by atoms with Crippen LogP contribution in [0.5, 0.6) is 0 Å². The number of nitrogens with one attached hydrogen (secondary N) is 1. The first-order valence-corrected chi connectivity index (χ1v) is 8.03. The van der Waals surface area contributed by atoms with E-state index in [0.29, 0.717) is 14.9 Å². The largest absolute Gasteiger partial charge is 0.451 e. The summed E-state index contributed by atoms with van der Waals surface area (Å²) in [6.07, 6.45) is 0. The maximum atomic E-state index is 12.0. The summed E-state index contributed by atoms with van der Waals surface area (Å²) in [6, 6.07) is 16.5. The van der Waals surface area contributed by atoms with E-state index in [0.717, 1.165) is 22.1 Å². The van der Waals surface area contributed by atoms with E-state index in [1.807, 2.05) is 36.4 Å². The maximum absolute atomic E-state index is 12.0. The molecule has 3 rings (SSSR count). The monoisotopic (exact) mass is 345 g/mol. The highest BCUT2D eigenvalue weighted by Crippen LogP contribution is 2.23. The number of anilines is 1. The van der Waals surface area contributed by atoms with Gasteiger partial charge in [0.1, 0.15) is 4.88 Å². The third-order valence-corrected chi connectivity index (χ3v) is 4.38. The van der Waals surface area contributed by atoms with Crippen LogP contribution in [-0.2, 0) is 9.53 Å². The van der Waals surface area contributed by atoms with Gasteiger partial charge < -0.3 is 10.1 Å². The fourth-order valence-electron chi connectivity index (χ4n) is 2.15. The van der Waals surface area contributed by atoms with Gasteiger partial charge in [-0.1, -0.05) is 48.0 Å². The molecule has 0 spiro atoms. The highest BCUT2D eigenvalue weighted by Gasteiger charge is 2.13. The van der Waals surface area contributed by atoms with Crippen LogP contribution in [0.2, 0.25) is 4.34 Å². The summed E-state index contributed by atoms with van der Waals surface area (Å²) < 4.78 is 5.49. The summed E-state index contributed by atoms with van der Waals surface area (Å²) in [4.78, 5) is 24.1. The molecule has 0 aliphatic carbocycles. The average molecular weight is 346 g/mol. The number of ether oxygens (including phenoxy) is 1. The highest BCUT2D eigenvalue weighted by molar-refractivity contribution is 7.17. The van der Waals surface area contributed by atoms with Crippen LogP contribution in [0.15, 0.2) is 54.6 Å². The molecular weight excluding hydrogens is 334 g/mol. The molecule has 6 heteroatoms. The van der Waals surface area contributed by atoms with Crippen LogP contribution in [0.4, 0.5) is 5.69 Å². The van der Waals surface area contributed by atoms with Gasteiger partial charge in [0.2, 0.25) is 0 Å². The van der Waals surface area contributed by atoms with Gasteiger partial charge in [0, 0.05) is 11.1 Å². The summed E-state index contributed by atoms with van der Waals surface area (Å²) >= 11 is 6.87. The summed E-state index contributed by atoms with van der Waals surface area (Å²) in [5.41, 5.74) is 0.684.